The molecule has 29 heavy (non-hydrogen) atoms. The fraction of sp³-hybridized carbons (Fsp3) is 0.600. The van der Waals surface area contributed by atoms with Gasteiger partial charge in [0, 0.05) is 46.8 Å². The van der Waals surface area contributed by atoms with Crippen molar-refractivity contribution in [2.24, 2.45) is 5.41 Å². The third-order valence-corrected chi connectivity index (χ3v) is 8.00. The van der Waals surface area contributed by atoms with Crippen LogP contribution in [0.4, 0.5) is 4.79 Å². The highest BCUT2D eigenvalue weighted by Crippen LogP contribution is 2.43. The van der Waals surface area contributed by atoms with Crippen LogP contribution in [0.25, 0.3) is 0 Å². The minimum Gasteiger partial charge on any atom is -0.348 e. The first kappa shape index (κ1) is 21.6. The van der Waals surface area contributed by atoms with Crippen molar-refractivity contribution in [2.45, 2.75) is 32.4 Å². The summed E-state index contributed by atoms with van der Waals surface area (Å²) in [5.41, 5.74) is 1.24. The van der Waals surface area contributed by atoms with Gasteiger partial charge in [0.25, 0.3) is 0 Å². The molecule has 2 aliphatic heterocycles. The highest BCUT2D eigenvalue weighted by atomic mass is 32.2. The Balaban J connectivity index is 1.77. The summed E-state index contributed by atoms with van der Waals surface area (Å²) in [5.74, 6) is -0.210. The van der Waals surface area contributed by atoms with Gasteiger partial charge in [0.1, 0.15) is 0 Å². The summed E-state index contributed by atoms with van der Waals surface area (Å²) in [6.07, 6.45) is 0.663. The zero-order valence-electron chi connectivity index (χ0n) is 17.5. The van der Waals surface area contributed by atoms with Crippen molar-refractivity contribution >= 4 is 22.0 Å². The predicted octanol–water partition coefficient (Wildman–Crippen LogP) is 1.02. The van der Waals surface area contributed by atoms with Crippen LogP contribution in [0.1, 0.15) is 24.0 Å². The van der Waals surface area contributed by atoms with Gasteiger partial charge in [0.05, 0.1) is 11.2 Å². The number of carbonyl (C=O) groups is 2. The summed E-state index contributed by atoms with van der Waals surface area (Å²) in [4.78, 5) is 29.1. The standard InChI is InChI=1S/C20H30N4O4S/c1-15-5-7-16(8-6-15)13-21-19(26)24-11-9-17-20(14-24,18(25)22(2)3)10-12-29(27,28)23(17)4/h5-8,17H,9-14H2,1-4H3,(H,21,26)/t17-,20+/m1/s1. The van der Waals surface area contributed by atoms with Gasteiger partial charge in [-0.05, 0) is 25.3 Å². The van der Waals surface area contributed by atoms with Crippen molar-refractivity contribution in [2.75, 3.05) is 40.0 Å². The van der Waals surface area contributed by atoms with Crippen molar-refractivity contribution in [3.63, 3.8) is 0 Å². The fourth-order valence-corrected chi connectivity index (χ4v) is 6.04. The number of urea groups is 1. The van der Waals surface area contributed by atoms with E-state index >= 15 is 0 Å². The van der Waals surface area contributed by atoms with E-state index < -0.39 is 21.5 Å². The Labute approximate surface area is 172 Å². The topological polar surface area (TPSA) is 90.0 Å². The average molecular weight is 423 g/mol. The Kier molecular flexibility index (Phi) is 5.91. The number of hydrogen-bond donors (Lipinski definition) is 1. The monoisotopic (exact) mass is 422 g/mol. The minimum absolute atomic E-state index is 0.0849. The maximum atomic E-state index is 13.1. The summed E-state index contributed by atoms with van der Waals surface area (Å²) in [6.45, 7) is 3.04. The largest absolute Gasteiger partial charge is 0.348 e. The smallest absolute Gasteiger partial charge is 0.317 e. The number of likely N-dealkylation sites (tertiary alicyclic amines) is 1. The third kappa shape index (κ3) is 4.11. The second-order valence-corrected chi connectivity index (χ2v) is 10.5. The number of carbonyl (C=O) groups excluding carboxylic acids is 2. The maximum Gasteiger partial charge on any atom is 0.317 e. The van der Waals surface area contributed by atoms with E-state index in [1.165, 1.54) is 9.21 Å². The highest BCUT2D eigenvalue weighted by molar-refractivity contribution is 7.89. The number of sulfonamides is 1. The van der Waals surface area contributed by atoms with Gasteiger partial charge in [-0.2, -0.15) is 0 Å². The van der Waals surface area contributed by atoms with E-state index in [-0.39, 0.29) is 30.7 Å². The Hall–Kier alpha value is -2.13. The molecule has 1 aromatic carbocycles. The third-order valence-electron chi connectivity index (χ3n) is 6.15. The Morgan fingerprint density at radius 1 is 1.24 bits per heavy atom. The van der Waals surface area contributed by atoms with Crippen molar-refractivity contribution < 1.29 is 18.0 Å². The molecule has 0 spiro atoms. The van der Waals surface area contributed by atoms with Crippen LogP contribution in [-0.2, 0) is 21.4 Å². The summed E-state index contributed by atoms with van der Waals surface area (Å²) < 4.78 is 26.1. The van der Waals surface area contributed by atoms with Gasteiger partial charge in [-0.15, -0.1) is 0 Å². The molecule has 1 N–H and O–H groups in total. The van der Waals surface area contributed by atoms with Crippen molar-refractivity contribution in [1.82, 2.24) is 19.4 Å². The molecule has 3 amide bonds. The Morgan fingerprint density at radius 2 is 1.90 bits per heavy atom. The van der Waals surface area contributed by atoms with Gasteiger partial charge in [-0.3, -0.25) is 4.79 Å². The lowest BCUT2D eigenvalue weighted by Crippen LogP contribution is -2.68. The molecule has 9 heteroatoms. The first-order chi connectivity index (χ1) is 13.6. The number of rotatable bonds is 3. The molecule has 2 aliphatic rings. The van der Waals surface area contributed by atoms with E-state index in [1.54, 1.807) is 26.0 Å². The highest BCUT2D eigenvalue weighted by Gasteiger charge is 2.57. The van der Waals surface area contributed by atoms with Crippen molar-refractivity contribution in [3.8, 4) is 0 Å². The van der Waals surface area contributed by atoms with Crippen LogP contribution < -0.4 is 5.32 Å². The predicted molar refractivity (Wildman–Crippen MR) is 111 cm³/mol. The molecule has 3 rings (SSSR count). The number of piperidine rings is 1. The van der Waals surface area contributed by atoms with Crippen LogP contribution in [-0.4, -0.2) is 80.5 Å². The fourth-order valence-electron chi connectivity index (χ4n) is 4.44. The first-order valence-electron chi connectivity index (χ1n) is 9.82. The normalized spacial score (nSPS) is 26.5. The quantitative estimate of drug-likeness (QED) is 0.788. The lowest BCUT2D eigenvalue weighted by molar-refractivity contribution is -0.147. The van der Waals surface area contributed by atoms with Crippen molar-refractivity contribution in [3.05, 3.63) is 35.4 Å². The SMILES string of the molecule is Cc1ccc(CNC(=O)N2CC[C@H]3N(C)S(=O)(=O)CC[C@]3(C(=O)N(C)C)C2)cc1. The molecule has 0 aliphatic carbocycles. The molecule has 0 radical (unpaired) electrons. The first-order valence-corrected chi connectivity index (χ1v) is 11.4. The van der Waals surface area contributed by atoms with Crippen molar-refractivity contribution in [1.29, 1.82) is 0 Å². The van der Waals surface area contributed by atoms with Crippen LogP contribution in [0.2, 0.25) is 0 Å². The van der Waals surface area contributed by atoms with Crippen LogP contribution in [0.5, 0.6) is 0 Å². The lowest BCUT2D eigenvalue weighted by Gasteiger charge is -2.53. The van der Waals surface area contributed by atoms with E-state index in [9.17, 15) is 18.0 Å². The second-order valence-electron chi connectivity index (χ2n) is 8.31. The molecule has 0 saturated carbocycles. The lowest BCUT2D eigenvalue weighted by atomic mass is 9.72. The van der Waals surface area contributed by atoms with Crippen LogP contribution in [0, 0.1) is 12.3 Å². The van der Waals surface area contributed by atoms with Gasteiger partial charge >= 0.3 is 6.03 Å². The minimum atomic E-state index is -3.37. The molecule has 1 aromatic rings. The van der Waals surface area contributed by atoms with E-state index in [0.29, 0.717) is 19.5 Å². The Bertz CT molecular complexity index is 884. The van der Waals surface area contributed by atoms with Gasteiger partial charge in [-0.25, -0.2) is 17.5 Å². The van der Waals surface area contributed by atoms with E-state index in [1.807, 2.05) is 31.2 Å². The summed E-state index contributed by atoms with van der Waals surface area (Å²) in [7, 11) is 1.52. The van der Waals surface area contributed by atoms with E-state index in [0.717, 1.165) is 11.1 Å². The molecule has 8 nitrogen and oxygen atoms in total. The summed E-state index contributed by atoms with van der Waals surface area (Å²) in [5, 5.41) is 2.93. The number of benzene rings is 1. The van der Waals surface area contributed by atoms with E-state index in [2.05, 4.69) is 5.32 Å². The summed E-state index contributed by atoms with van der Waals surface area (Å²) in [6, 6.07) is 7.27. The van der Waals surface area contributed by atoms with Gasteiger partial charge < -0.3 is 15.1 Å². The molecule has 2 saturated heterocycles. The van der Waals surface area contributed by atoms with Crippen LogP contribution in [0.3, 0.4) is 0 Å². The number of amides is 3. The second kappa shape index (κ2) is 7.95. The molecule has 2 fully saturated rings. The number of nitrogens with zero attached hydrogens (tertiary/aromatic N) is 3. The Morgan fingerprint density at radius 3 is 2.52 bits per heavy atom. The molecule has 2 heterocycles. The van der Waals surface area contributed by atoms with Crippen LogP contribution in [0.15, 0.2) is 24.3 Å². The number of aryl methyl sites for hydroxylation is 1. The molecule has 160 valence electrons. The van der Waals surface area contributed by atoms with Gasteiger partial charge in [0.2, 0.25) is 15.9 Å². The molecule has 0 aromatic heterocycles. The maximum absolute atomic E-state index is 13.1. The molecule has 2 atom stereocenters. The molecular formula is C20H30N4O4S. The molecule has 0 unspecified atom stereocenters. The number of hydrogen-bond acceptors (Lipinski definition) is 4. The van der Waals surface area contributed by atoms with Gasteiger partial charge in [0.15, 0.2) is 0 Å². The zero-order valence-corrected chi connectivity index (χ0v) is 18.3. The average Bonchev–Trinajstić information content (AvgIpc) is 2.69. The van der Waals surface area contributed by atoms with E-state index in [4.69, 9.17) is 0 Å². The zero-order chi connectivity index (χ0) is 21.4. The molecule has 0 bridgehead atoms. The van der Waals surface area contributed by atoms with Gasteiger partial charge in [-0.1, -0.05) is 29.8 Å². The summed E-state index contributed by atoms with van der Waals surface area (Å²) >= 11 is 0. The van der Waals surface area contributed by atoms with Crippen LogP contribution >= 0.6 is 0 Å². The molecular weight excluding hydrogens is 392 g/mol. The number of fused-ring (bicyclic) bond motifs is 1. The number of nitrogens with one attached hydrogen (secondary N) is 1.